The Morgan fingerprint density at radius 1 is 1.11 bits per heavy atom. The Kier molecular flexibility index (Phi) is 4.64. The maximum Gasteiger partial charge on any atom is 0.0596 e. The second-order valence-electron chi connectivity index (χ2n) is 4.26. The number of rotatable bonds is 3. The third-order valence-electron chi connectivity index (χ3n) is 2.95. The third kappa shape index (κ3) is 2.87. The summed E-state index contributed by atoms with van der Waals surface area (Å²) in [6, 6.07) is 8.79. The number of benzene rings is 1. The highest BCUT2D eigenvalue weighted by molar-refractivity contribution is 9.11. The summed E-state index contributed by atoms with van der Waals surface area (Å²) < 4.78 is 2.24. The van der Waals surface area contributed by atoms with E-state index in [1.54, 1.807) is 0 Å². The summed E-state index contributed by atoms with van der Waals surface area (Å²) in [6.07, 6.45) is 0. The Morgan fingerprint density at radius 3 is 2.39 bits per heavy atom. The molecule has 1 atom stereocenters. The van der Waals surface area contributed by atoms with Gasteiger partial charge in [0.15, 0.2) is 0 Å². The fraction of sp³-hybridized carbons (Fsp3) is 0.286. The molecule has 0 aliphatic rings. The molecule has 0 saturated heterocycles. The lowest BCUT2D eigenvalue weighted by Crippen LogP contribution is -2.18. The Hall–Kier alpha value is -0.160. The summed E-state index contributed by atoms with van der Waals surface area (Å²) in [4.78, 5) is 2.73. The number of hydrogen-bond acceptors (Lipinski definition) is 2. The lowest BCUT2D eigenvalue weighted by molar-refractivity contribution is 0.687. The predicted octanol–water partition coefficient (Wildman–Crippen LogP) is 5.20. The fourth-order valence-corrected chi connectivity index (χ4v) is 3.97. The fourth-order valence-electron chi connectivity index (χ4n) is 2.15. The van der Waals surface area contributed by atoms with E-state index in [0.29, 0.717) is 0 Å². The van der Waals surface area contributed by atoms with Gasteiger partial charge < -0.3 is 5.32 Å². The molecule has 1 aromatic heterocycles. The quantitative estimate of drug-likeness (QED) is 0.761. The second-order valence-corrected chi connectivity index (χ2v) is 7.49. The van der Waals surface area contributed by atoms with Crippen LogP contribution in [0.5, 0.6) is 0 Å². The van der Waals surface area contributed by atoms with Gasteiger partial charge in [0.05, 0.1) is 6.04 Å². The number of aryl methyl sites for hydroxylation is 2. The lowest BCUT2D eigenvalue weighted by atomic mass is 9.99. The van der Waals surface area contributed by atoms with Crippen molar-refractivity contribution in [1.82, 2.24) is 5.32 Å². The SMILES string of the molecule is CNC(c1cc(Br)ccc1Br)c1cc(C)sc1C. The monoisotopic (exact) mass is 387 g/mol. The maximum atomic E-state index is 3.64. The van der Waals surface area contributed by atoms with E-state index in [1.165, 1.54) is 20.9 Å². The second kappa shape index (κ2) is 5.87. The number of hydrogen-bond donors (Lipinski definition) is 1. The van der Waals surface area contributed by atoms with Gasteiger partial charge in [-0.3, -0.25) is 0 Å². The molecule has 18 heavy (non-hydrogen) atoms. The van der Waals surface area contributed by atoms with Gasteiger partial charge in [-0.1, -0.05) is 31.9 Å². The van der Waals surface area contributed by atoms with E-state index in [1.807, 2.05) is 24.5 Å². The van der Waals surface area contributed by atoms with E-state index in [-0.39, 0.29) is 6.04 Å². The topological polar surface area (TPSA) is 12.0 Å². The molecule has 0 bridgehead atoms. The summed E-state index contributed by atoms with van der Waals surface area (Å²) in [5, 5.41) is 3.41. The van der Waals surface area contributed by atoms with E-state index in [0.717, 1.165) is 8.95 Å². The zero-order valence-corrected chi connectivity index (χ0v) is 14.5. The summed E-state index contributed by atoms with van der Waals surface area (Å²) in [6.45, 7) is 4.34. The van der Waals surface area contributed by atoms with Crippen molar-refractivity contribution in [2.45, 2.75) is 19.9 Å². The minimum atomic E-state index is 0.224. The molecule has 2 rings (SSSR count). The molecule has 1 nitrogen and oxygen atoms in total. The van der Waals surface area contributed by atoms with Gasteiger partial charge in [-0.15, -0.1) is 11.3 Å². The standard InChI is InChI=1S/C14H15Br2NS/c1-8-6-11(9(2)18-8)14(17-3)12-7-10(15)4-5-13(12)16/h4-7,14,17H,1-3H3. The van der Waals surface area contributed by atoms with Crippen molar-refractivity contribution < 1.29 is 0 Å². The van der Waals surface area contributed by atoms with Crippen molar-refractivity contribution in [3.63, 3.8) is 0 Å². The molecule has 96 valence electrons. The average Bonchev–Trinajstić information content (AvgIpc) is 2.64. The van der Waals surface area contributed by atoms with E-state index in [4.69, 9.17) is 0 Å². The third-order valence-corrected chi connectivity index (χ3v) is 5.15. The number of nitrogens with one attached hydrogen (secondary N) is 1. The molecule has 1 unspecified atom stereocenters. The van der Waals surface area contributed by atoms with Crippen molar-refractivity contribution in [3.8, 4) is 0 Å². The predicted molar refractivity (Wildman–Crippen MR) is 86.5 cm³/mol. The molecule has 2 aromatic rings. The molecule has 0 spiro atoms. The highest BCUT2D eigenvalue weighted by atomic mass is 79.9. The summed E-state index contributed by atoms with van der Waals surface area (Å²) in [7, 11) is 2.00. The molecule has 1 aromatic carbocycles. The summed E-state index contributed by atoms with van der Waals surface area (Å²) in [5.74, 6) is 0. The Balaban J connectivity index is 2.51. The minimum absolute atomic E-state index is 0.224. The molecule has 1 heterocycles. The van der Waals surface area contributed by atoms with Crippen LogP contribution in [0.25, 0.3) is 0 Å². The van der Waals surface area contributed by atoms with Crippen LogP contribution in [0, 0.1) is 13.8 Å². The van der Waals surface area contributed by atoms with Crippen LogP contribution >= 0.6 is 43.2 Å². The van der Waals surface area contributed by atoms with Crippen LogP contribution in [0.3, 0.4) is 0 Å². The molecule has 0 amide bonds. The van der Waals surface area contributed by atoms with Gasteiger partial charge in [0.1, 0.15) is 0 Å². The van der Waals surface area contributed by atoms with E-state index >= 15 is 0 Å². The molecule has 0 saturated carbocycles. The van der Waals surface area contributed by atoms with Crippen LogP contribution in [0.15, 0.2) is 33.2 Å². The Bertz CT molecular complexity index is 563. The highest BCUT2D eigenvalue weighted by Gasteiger charge is 2.18. The molecule has 0 radical (unpaired) electrons. The number of halogens is 2. The van der Waals surface area contributed by atoms with Gasteiger partial charge >= 0.3 is 0 Å². The molecule has 0 fully saturated rings. The zero-order chi connectivity index (χ0) is 13.3. The first kappa shape index (κ1) is 14.3. The van der Waals surface area contributed by atoms with E-state index < -0.39 is 0 Å². The van der Waals surface area contributed by atoms with Gasteiger partial charge in [-0.2, -0.15) is 0 Å². The first-order chi connectivity index (χ1) is 8.52. The van der Waals surface area contributed by atoms with Crippen LogP contribution in [0.1, 0.15) is 26.9 Å². The molecule has 4 heteroatoms. The Labute approximate surface area is 129 Å². The van der Waals surface area contributed by atoms with Crippen molar-refractivity contribution in [2.75, 3.05) is 7.05 Å². The van der Waals surface area contributed by atoms with Crippen LogP contribution in [-0.2, 0) is 0 Å². The summed E-state index contributed by atoms with van der Waals surface area (Å²) >= 11 is 9.04. The lowest BCUT2D eigenvalue weighted by Gasteiger charge is -2.19. The van der Waals surface area contributed by atoms with E-state index in [9.17, 15) is 0 Å². The maximum absolute atomic E-state index is 3.64. The van der Waals surface area contributed by atoms with Crippen molar-refractivity contribution in [1.29, 1.82) is 0 Å². The molecule has 1 N–H and O–H groups in total. The van der Waals surface area contributed by atoms with Gasteiger partial charge in [-0.25, -0.2) is 0 Å². The van der Waals surface area contributed by atoms with Crippen LogP contribution in [-0.4, -0.2) is 7.05 Å². The molecule has 0 aliphatic heterocycles. The smallest absolute Gasteiger partial charge is 0.0596 e. The van der Waals surface area contributed by atoms with Gasteiger partial charge in [-0.05, 0) is 56.3 Å². The minimum Gasteiger partial charge on any atom is -0.309 e. The van der Waals surface area contributed by atoms with Crippen LogP contribution in [0.2, 0.25) is 0 Å². The van der Waals surface area contributed by atoms with Crippen LogP contribution in [0.4, 0.5) is 0 Å². The first-order valence-corrected chi connectivity index (χ1v) is 8.12. The van der Waals surface area contributed by atoms with E-state index in [2.05, 4.69) is 69.2 Å². The van der Waals surface area contributed by atoms with Crippen LogP contribution < -0.4 is 5.32 Å². The Morgan fingerprint density at radius 2 is 1.83 bits per heavy atom. The zero-order valence-electron chi connectivity index (χ0n) is 10.6. The normalized spacial score (nSPS) is 12.7. The van der Waals surface area contributed by atoms with Gasteiger partial charge in [0.25, 0.3) is 0 Å². The van der Waals surface area contributed by atoms with Crippen molar-refractivity contribution in [2.24, 2.45) is 0 Å². The molecular formula is C14H15Br2NS. The highest BCUT2D eigenvalue weighted by Crippen LogP contribution is 2.35. The van der Waals surface area contributed by atoms with Crippen molar-refractivity contribution in [3.05, 3.63) is 54.1 Å². The summed E-state index contributed by atoms with van der Waals surface area (Å²) in [5.41, 5.74) is 2.62. The molecule has 0 aliphatic carbocycles. The number of thiophene rings is 1. The average molecular weight is 389 g/mol. The van der Waals surface area contributed by atoms with Gasteiger partial charge in [0.2, 0.25) is 0 Å². The first-order valence-electron chi connectivity index (χ1n) is 5.72. The molecular weight excluding hydrogens is 374 g/mol. The van der Waals surface area contributed by atoms with Crippen molar-refractivity contribution >= 4 is 43.2 Å². The van der Waals surface area contributed by atoms with Gasteiger partial charge in [0, 0.05) is 18.7 Å². The largest absolute Gasteiger partial charge is 0.309 e.